The molecule has 0 aliphatic heterocycles. The highest BCUT2D eigenvalue weighted by molar-refractivity contribution is 7.13. The van der Waals surface area contributed by atoms with E-state index < -0.39 is 0 Å². The van der Waals surface area contributed by atoms with Crippen LogP contribution in [0.5, 0.6) is 0 Å². The Hall–Kier alpha value is -2.13. The second-order valence-electron chi connectivity index (χ2n) is 4.11. The minimum absolute atomic E-state index is 0.191. The van der Waals surface area contributed by atoms with Gasteiger partial charge >= 0.3 is 0 Å². The van der Waals surface area contributed by atoms with Crippen LogP contribution >= 0.6 is 11.3 Å². The van der Waals surface area contributed by atoms with Crippen LogP contribution < -0.4 is 10.6 Å². The van der Waals surface area contributed by atoms with Crippen LogP contribution in [0.3, 0.4) is 0 Å². The summed E-state index contributed by atoms with van der Waals surface area (Å²) in [5.74, 6) is 1.99. The summed E-state index contributed by atoms with van der Waals surface area (Å²) < 4.78 is 0. The molecule has 5 nitrogen and oxygen atoms in total. The molecule has 0 bridgehead atoms. The predicted molar refractivity (Wildman–Crippen MR) is 79.4 cm³/mol. The second kappa shape index (κ2) is 7.46. The van der Waals surface area contributed by atoms with Crippen molar-refractivity contribution >= 4 is 23.2 Å². The van der Waals surface area contributed by atoms with E-state index >= 15 is 0 Å². The number of carbonyl (C=O) groups is 2. The molecule has 1 unspecified atom stereocenters. The normalized spacial score (nSPS) is 11.2. The lowest BCUT2D eigenvalue weighted by atomic mass is 10.3. The van der Waals surface area contributed by atoms with Crippen molar-refractivity contribution in [2.45, 2.75) is 26.3 Å². The van der Waals surface area contributed by atoms with Crippen LogP contribution in [0, 0.1) is 19.3 Å². The molecule has 0 aliphatic carbocycles. The van der Waals surface area contributed by atoms with Crippen LogP contribution in [-0.2, 0) is 4.79 Å². The first-order chi connectivity index (χ1) is 9.49. The maximum absolute atomic E-state index is 11.9. The van der Waals surface area contributed by atoms with Gasteiger partial charge in [0.1, 0.15) is 9.88 Å². The highest BCUT2D eigenvalue weighted by atomic mass is 32.1. The molecule has 2 N–H and O–H groups in total. The van der Waals surface area contributed by atoms with Gasteiger partial charge in [0.2, 0.25) is 5.91 Å². The average molecular weight is 291 g/mol. The molecule has 0 saturated carbocycles. The molecule has 0 spiro atoms. The molecule has 20 heavy (non-hydrogen) atoms. The van der Waals surface area contributed by atoms with Gasteiger partial charge in [0, 0.05) is 13.0 Å². The Morgan fingerprint density at radius 2 is 2.30 bits per heavy atom. The predicted octanol–water partition coefficient (Wildman–Crippen LogP) is 1.57. The SMILES string of the molecule is C#CCCNC(=O)c1sc(C(C)NC(=O)C=C)nc1C. The molecule has 106 valence electrons. The second-order valence-corrected chi connectivity index (χ2v) is 5.14. The van der Waals surface area contributed by atoms with Gasteiger partial charge in [-0.25, -0.2) is 4.98 Å². The topological polar surface area (TPSA) is 71.1 Å². The molecular weight excluding hydrogens is 274 g/mol. The third-order valence-corrected chi connectivity index (χ3v) is 3.83. The number of carbonyl (C=O) groups excluding carboxylic acids is 2. The number of thiazole rings is 1. The molecule has 1 atom stereocenters. The van der Waals surface area contributed by atoms with E-state index in [-0.39, 0.29) is 17.9 Å². The van der Waals surface area contributed by atoms with E-state index in [9.17, 15) is 9.59 Å². The lowest BCUT2D eigenvalue weighted by molar-refractivity contribution is -0.117. The molecule has 0 aromatic carbocycles. The Balaban J connectivity index is 2.76. The Bertz CT molecular complexity index is 557. The molecule has 1 heterocycles. The number of rotatable bonds is 6. The summed E-state index contributed by atoms with van der Waals surface area (Å²) in [5.41, 5.74) is 0.642. The number of hydrogen-bond donors (Lipinski definition) is 2. The van der Waals surface area contributed by atoms with Gasteiger partial charge in [0.25, 0.3) is 5.91 Å². The fraction of sp³-hybridized carbons (Fsp3) is 0.357. The first-order valence-corrected chi connectivity index (χ1v) is 6.93. The van der Waals surface area contributed by atoms with Crippen molar-refractivity contribution in [3.05, 3.63) is 28.2 Å². The molecule has 1 aromatic rings. The van der Waals surface area contributed by atoms with Crippen molar-refractivity contribution in [3.8, 4) is 12.3 Å². The summed E-state index contributed by atoms with van der Waals surface area (Å²) in [6, 6.07) is -0.267. The minimum atomic E-state index is -0.273. The zero-order valence-corrected chi connectivity index (χ0v) is 12.3. The average Bonchev–Trinajstić information content (AvgIpc) is 2.81. The smallest absolute Gasteiger partial charge is 0.263 e. The maximum Gasteiger partial charge on any atom is 0.263 e. The number of aryl methyl sites for hydroxylation is 1. The molecule has 0 fully saturated rings. The van der Waals surface area contributed by atoms with Gasteiger partial charge in [-0.2, -0.15) is 0 Å². The van der Waals surface area contributed by atoms with E-state index in [0.717, 1.165) is 0 Å². The van der Waals surface area contributed by atoms with Gasteiger partial charge in [-0.3, -0.25) is 9.59 Å². The molecular formula is C14H17N3O2S. The van der Waals surface area contributed by atoms with Crippen molar-refractivity contribution in [1.82, 2.24) is 15.6 Å². The number of aromatic nitrogens is 1. The van der Waals surface area contributed by atoms with Gasteiger partial charge in [0.15, 0.2) is 0 Å². The van der Waals surface area contributed by atoms with Crippen molar-refractivity contribution in [1.29, 1.82) is 0 Å². The van der Waals surface area contributed by atoms with E-state index in [1.54, 1.807) is 13.8 Å². The summed E-state index contributed by atoms with van der Waals surface area (Å²) in [4.78, 5) is 28.0. The van der Waals surface area contributed by atoms with E-state index in [0.29, 0.717) is 28.5 Å². The summed E-state index contributed by atoms with van der Waals surface area (Å²) in [7, 11) is 0. The first kappa shape index (κ1) is 15.9. The largest absolute Gasteiger partial charge is 0.350 e. The lowest BCUT2D eigenvalue weighted by Gasteiger charge is -2.08. The zero-order chi connectivity index (χ0) is 15.1. The summed E-state index contributed by atoms with van der Waals surface area (Å²) in [5, 5.41) is 6.12. The molecule has 0 aliphatic rings. The third kappa shape index (κ3) is 4.21. The maximum atomic E-state index is 11.9. The molecule has 0 saturated heterocycles. The standard InChI is InChI=1S/C14H17N3O2S/c1-5-7-8-15-13(19)12-9(3)17-14(20-12)10(4)16-11(18)6-2/h1,6,10H,2,7-8H2,3-4H3,(H,15,19)(H,16,18). The van der Waals surface area contributed by atoms with Crippen LogP contribution in [0.25, 0.3) is 0 Å². The van der Waals surface area contributed by atoms with Crippen LogP contribution in [0.1, 0.15) is 39.8 Å². The number of amides is 2. The van der Waals surface area contributed by atoms with E-state index in [1.807, 2.05) is 0 Å². The lowest BCUT2D eigenvalue weighted by Crippen LogP contribution is -2.24. The number of nitrogens with one attached hydrogen (secondary N) is 2. The highest BCUT2D eigenvalue weighted by Crippen LogP contribution is 2.23. The van der Waals surface area contributed by atoms with Crippen molar-refractivity contribution < 1.29 is 9.59 Å². The molecule has 1 rings (SSSR count). The van der Waals surface area contributed by atoms with Crippen LogP contribution in [0.15, 0.2) is 12.7 Å². The molecule has 1 aromatic heterocycles. The molecule has 0 radical (unpaired) electrons. The Morgan fingerprint density at radius 3 is 2.90 bits per heavy atom. The molecule has 6 heteroatoms. The van der Waals surface area contributed by atoms with Crippen molar-refractivity contribution in [2.24, 2.45) is 0 Å². The van der Waals surface area contributed by atoms with Gasteiger partial charge in [-0.05, 0) is 19.9 Å². The van der Waals surface area contributed by atoms with E-state index in [2.05, 4.69) is 28.1 Å². The fourth-order valence-corrected chi connectivity index (χ4v) is 2.46. The molecule has 2 amide bonds. The Kier molecular flexibility index (Phi) is 5.94. The van der Waals surface area contributed by atoms with Gasteiger partial charge < -0.3 is 10.6 Å². The van der Waals surface area contributed by atoms with Crippen LogP contribution in [0.2, 0.25) is 0 Å². The van der Waals surface area contributed by atoms with Crippen molar-refractivity contribution in [3.63, 3.8) is 0 Å². The highest BCUT2D eigenvalue weighted by Gasteiger charge is 2.18. The third-order valence-electron chi connectivity index (χ3n) is 2.49. The monoisotopic (exact) mass is 291 g/mol. The summed E-state index contributed by atoms with van der Waals surface area (Å²) in [6.45, 7) is 7.39. The minimum Gasteiger partial charge on any atom is -0.350 e. The Labute approximate surface area is 122 Å². The first-order valence-electron chi connectivity index (χ1n) is 6.11. The van der Waals surface area contributed by atoms with Gasteiger partial charge in [-0.15, -0.1) is 23.7 Å². The van der Waals surface area contributed by atoms with E-state index in [4.69, 9.17) is 6.42 Å². The van der Waals surface area contributed by atoms with Gasteiger partial charge in [0.05, 0.1) is 11.7 Å². The van der Waals surface area contributed by atoms with E-state index in [1.165, 1.54) is 17.4 Å². The zero-order valence-electron chi connectivity index (χ0n) is 11.5. The van der Waals surface area contributed by atoms with Crippen molar-refractivity contribution in [2.75, 3.05) is 6.54 Å². The quantitative estimate of drug-likeness (QED) is 0.475. The summed E-state index contributed by atoms with van der Waals surface area (Å²) >= 11 is 1.26. The van der Waals surface area contributed by atoms with Crippen LogP contribution in [-0.4, -0.2) is 23.3 Å². The number of nitrogens with zero attached hydrogens (tertiary/aromatic N) is 1. The fourth-order valence-electron chi connectivity index (χ4n) is 1.48. The van der Waals surface area contributed by atoms with Gasteiger partial charge in [-0.1, -0.05) is 6.58 Å². The number of terminal acetylenes is 1. The number of hydrogen-bond acceptors (Lipinski definition) is 4. The van der Waals surface area contributed by atoms with Crippen LogP contribution in [0.4, 0.5) is 0 Å². The summed E-state index contributed by atoms with van der Waals surface area (Å²) in [6.07, 6.45) is 6.81. The Morgan fingerprint density at radius 1 is 1.60 bits per heavy atom.